The van der Waals surface area contributed by atoms with Crippen LogP contribution >= 0.6 is 0 Å². The lowest BCUT2D eigenvalue weighted by molar-refractivity contribution is 0.195. The van der Waals surface area contributed by atoms with E-state index in [2.05, 4.69) is 52.8 Å². The Morgan fingerprint density at radius 2 is 1.96 bits per heavy atom. The molecule has 0 aliphatic carbocycles. The van der Waals surface area contributed by atoms with Crippen molar-refractivity contribution in [1.82, 2.24) is 15.5 Å². The second-order valence-electron chi connectivity index (χ2n) is 6.16. The summed E-state index contributed by atoms with van der Waals surface area (Å²) in [5.74, 6) is 0.897. The van der Waals surface area contributed by atoms with Gasteiger partial charge in [-0.3, -0.25) is 9.89 Å². The standard InChI is InChI=1S/C19H32N4O/c1-3-20-19(21-12-9-15-24-2)22-16-18(23-13-7-8-14-23)17-10-5-4-6-11-17/h4-6,10-11,18H,3,7-9,12-16H2,1-2H3,(H2,20,21,22). The zero-order valence-corrected chi connectivity index (χ0v) is 15.1. The van der Waals surface area contributed by atoms with Crippen molar-refractivity contribution in [2.75, 3.05) is 46.4 Å². The highest BCUT2D eigenvalue weighted by Crippen LogP contribution is 2.25. The number of methoxy groups -OCH3 is 1. The maximum absolute atomic E-state index is 5.10. The predicted molar refractivity (Wildman–Crippen MR) is 100 cm³/mol. The Morgan fingerprint density at radius 3 is 2.62 bits per heavy atom. The van der Waals surface area contributed by atoms with Gasteiger partial charge in [0.1, 0.15) is 0 Å². The first kappa shape index (κ1) is 18.7. The molecule has 1 fully saturated rings. The summed E-state index contributed by atoms with van der Waals surface area (Å²) < 4.78 is 5.10. The molecule has 0 bridgehead atoms. The van der Waals surface area contributed by atoms with Crippen LogP contribution in [0.1, 0.15) is 37.8 Å². The molecule has 1 aromatic carbocycles. The predicted octanol–water partition coefficient (Wildman–Crippen LogP) is 2.42. The van der Waals surface area contributed by atoms with Crippen molar-refractivity contribution < 1.29 is 4.74 Å². The fraction of sp³-hybridized carbons (Fsp3) is 0.632. The first-order valence-corrected chi connectivity index (χ1v) is 9.15. The number of nitrogens with zero attached hydrogens (tertiary/aromatic N) is 2. The van der Waals surface area contributed by atoms with E-state index in [1.54, 1.807) is 7.11 Å². The summed E-state index contributed by atoms with van der Waals surface area (Å²) in [5.41, 5.74) is 1.36. The first-order chi connectivity index (χ1) is 11.8. The van der Waals surface area contributed by atoms with Gasteiger partial charge in [0.15, 0.2) is 5.96 Å². The minimum atomic E-state index is 0.364. The molecule has 1 unspecified atom stereocenters. The number of rotatable bonds is 9. The fourth-order valence-electron chi connectivity index (χ4n) is 3.10. The normalized spacial score (nSPS) is 17.0. The van der Waals surface area contributed by atoms with Crippen molar-refractivity contribution in [2.45, 2.75) is 32.2 Å². The maximum atomic E-state index is 5.10. The lowest BCUT2D eigenvalue weighted by atomic mass is 10.1. The van der Waals surface area contributed by atoms with Crippen molar-refractivity contribution in [3.63, 3.8) is 0 Å². The van der Waals surface area contributed by atoms with Gasteiger partial charge < -0.3 is 15.4 Å². The van der Waals surface area contributed by atoms with Gasteiger partial charge in [-0.15, -0.1) is 0 Å². The summed E-state index contributed by atoms with van der Waals surface area (Å²) in [6.45, 7) is 7.74. The lowest BCUT2D eigenvalue weighted by Gasteiger charge is -2.27. The molecule has 1 aliphatic rings. The monoisotopic (exact) mass is 332 g/mol. The van der Waals surface area contributed by atoms with Crippen LogP contribution in [0.25, 0.3) is 0 Å². The van der Waals surface area contributed by atoms with E-state index in [1.165, 1.54) is 31.5 Å². The molecule has 1 heterocycles. The number of hydrogen-bond donors (Lipinski definition) is 2. The Balaban J connectivity index is 2.00. The van der Waals surface area contributed by atoms with Gasteiger partial charge >= 0.3 is 0 Å². The van der Waals surface area contributed by atoms with Gasteiger partial charge in [0, 0.05) is 26.8 Å². The third kappa shape index (κ3) is 6.13. The zero-order valence-electron chi connectivity index (χ0n) is 15.1. The van der Waals surface area contributed by atoms with E-state index in [4.69, 9.17) is 9.73 Å². The van der Waals surface area contributed by atoms with E-state index in [0.717, 1.165) is 38.6 Å². The maximum Gasteiger partial charge on any atom is 0.191 e. The van der Waals surface area contributed by atoms with E-state index in [1.807, 2.05) is 0 Å². The van der Waals surface area contributed by atoms with Gasteiger partial charge in [-0.2, -0.15) is 0 Å². The fourth-order valence-corrected chi connectivity index (χ4v) is 3.10. The summed E-state index contributed by atoms with van der Waals surface area (Å²) in [6.07, 6.45) is 3.57. The minimum Gasteiger partial charge on any atom is -0.385 e. The van der Waals surface area contributed by atoms with Crippen LogP contribution in [0.5, 0.6) is 0 Å². The Labute approximate surface area is 146 Å². The Kier molecular flexibility index (Phi) is 8.63. The molecule has 0 aromatic heterocycles. The summed E-state index contributed by atoms with van der Waals surface area (Å²) >= 11 is 0. The van der Waals surface area contributed by atoms with Gasteiger partial charge in [0.2, 0.25) is 0 Å². The third-order valence-corrected chi connectivity index (χ3v) is 4.35. The highest BCUT2D eigenvalue weighted by Gasteiger charge is 2.23. The average molecular weight is 332 g/mol. The van der Waals surface area contributed by atoms with Crippen LogP contribution in [0.4, 0.5) is 0 Å². The van der Waals surface area contributed by atoms with E-state index in [-0.39, 0.29) is 0 Å². The largest absolute Gasteiger partial charge is 0.385 e. The molecule has 0 radical (unpaired) electrons. The Morgan fingerprint density at radius 1 is 1.21 bits per heavy atom. The second kappa shape index (κ2) is 11.0. The van der Waals surface area contributed by atoms with Gasteiger partial charge in [0.05, 0.1) is 12.6 Å². The molecule has 1 aromatic rings. The molecule has 0 amide bonds. The number of benzene rings is 1. The summed E-state index contributed by atoms with van der Waals surface area (Å²) in [5, 5.41) is 6.73. The summed E-state index contributed by atoms with van der Waals surface area (Å²) in [6, 6.07) is 11.1. The van der Waals surface area contributed by atoms with Crippen LogP contribution in [-0.2, 0) is 4.74 Å². The van der Waals surface area contributed by atoms with Crippen LogP contribution in [0.3, 0.4) is 0 Å². The molecule has 5 nitrogen and oxygen atoms in total. The number of hydrogen-bond acceptors (Lipinski definition) is 3. The molecule has 0 spiro atoms. The quantitative estimate of drug-likeness (QED) is 0.414. The summed E-state index contributed by atoms with van der Waals surface area (Å²) in [7, 11) is 1.74. The van der Waals surface area contributed by atoms with Gasteiger partial charge in [-0.25, -0.2) is 0 Å². The number of guanidine groups is 1. The second-order valence-corrected chi connectivity index (χ2v) is 6.16. The SMILES string of the molecule is CCNC(=NCC(c1ccccc1)N1CCCC1)NCCCOC. The molecule has 2 rings (SSSR count). The minimum absolute atomic E-state index is 0.364. The summed E-state index contributed by atoms with van der Waals surface area (Å²) in [4.78, 5) is 7.41. The van der Waals surface area contributed by atoms with Gasteiger partial charge in [-0.05, 0) is 44.8 Å². The van der Waals surface area contributed by atoms with Crippen LogP contribution in [0.2, 0.25) is 0 Å². The lowest BCUT2D eigenvalue weighted by Crippen LogP contribution is -2.39. The van der Waals surface area contributed by atoms with Crippen molar-refractivity contribution in [3.05, 3.63) is 35.9 Å². The van der Waals surface area contributed by atoms with Gasteiger partial charge in [-0.1, -0.05) is 30.3 Å². The smallest absolute Gasteiger partial charge is 0.191 e. The van der Waals surface area contributed by atoms with Crippen molar-refractivity contribution in [2.24, 2.45) is 4.99 Å². The van der Waals surface area contributed by atoms with Crippen molar-refractivity contribution in [1.29, 1.82) is 0 Å². The Hall–Kier alpha value is -1.59. The van der Waals surface area contributed by atoms with Crippen LogP contribution in [0, 0.1) is 0 Å². The molecule has 2 N–H and O–H groups in total. The first-order valence-electron chi connectivity index (χ1n) is 9.15. The van der Waals surface area contributed by atoms with E-state index in [0.29, 0.717) is 6.04 Å². The van der Waals surface area contributed by atoms with Crippen LogP contribution < -0.4 is 10.6 Å². The topological polar surface area (TPSA) is 48.9 Å². The zero-order chi connectivity index (χ0) is 17.0. The Bertz CT molecular complexity index is 472. The van der Waals surface area contributed by atoms with Crippen LogP contribution in [-0.4, -0.2) is 57.3 Å². The number of likely N-dealkylation sites (tertiary alicyclic amines) is 1. The number of ether oxygens (including phenoxy) is 1. The van der Waals surface area contributed by atoms with Crippen molar-refractivity contribution in [3.8, 4) is 0 Å². The molecule has 24 heavy (non-hydrogen) atoms. The highest BCUT2D eigenvalue weighted by molar-refractivity contribution is 5.79. The van der Waals surface area contributed by atoms with E-state index < -0.39 is 0 Å². The molecular weight excluding hydrogens is 300 g/mol. The average Bonchev–Trinajstić information content (AvgIpc) is 3.14. The molecule has 1 aliphatic heterocycles. The highest BCUT2D eigenvalue weighted by atomic mass is 16.5. The van der Waals surface area contributed by atoms with Crippen LogP contribution in [0.15, 0.2) is 35.3 Å². The van der Waals surface area contributed by atoms with E-state index >= 15 is 0 Å². The number of aliphatic imine (C=N–C) groups is 1. The van der Waals surface area contributed by atoms with Crippen molar-refractivity contribution >= 4 is 5.96 Å². The van der Waals surface area contributed by atoms with E-state index in [9.17, 15) is 0 Å². The molecule has 1 atom stereocenters. The molecule has 0 saturated carbocycles. The molecule has 5 heteroatoms. The third-order valence-electron chi connectivity index (χ3n) is 4.35. The molecule has 134 valence electrons. The van der Waals surface area contributed by atoms with Gasteiger partial charge in [0.25, 0.3) is 0 Å². The molecular formula is C19H32N4O. The molecule has 1 saturated heterocycles. The number of nitrogens with one attached hydrogen (secondary N) is 2.